The summed E-state index contributed by atoms with van der Waals surface area (Å²) in [7, 11) is 0. The second kappa shape index (κ2) is 13.4. The number of unbranched alkanes of at least 4 members (excludes halogenated alkanes) is 1. The Morgan fingerprint density at radius 3 is 2.64 bits per heavy atom. The van der Waals surface area contributed by atoms with E-state index in [9.17, 15) is 9.59 Å². The minimum Gasteiger partial charge on any atom is -0.491 e. The molecular formula is C26H33N3O4. The number of aliphatic hydroxyl groups is 1. The van der Waals surface area contributed by atoms with Gasteiger partial charge >= 0.3 is 0 Å². The summed E-state index contributed by atoms with van der Waals surface area (Å²) >= 11 is 0. The van der Waals surface area contributed by atoms with Crippen LogP contribution in [0.1, 0.15) is 48.0 Å². The van der Waals surface area contributed by atoms with E-state index >= 15 is 0 Å². The number of benzene rings is 1. The third-order valence-electron chi connectivity index (χ3n) is 5.81. The molecule has 0 aliphatic carbocycles. The molecule has 2 N–H and O–H groups in total. The van der Waals surface area contributed by atoms with Gasteiger partial charge < -0.3 is 20.1 Å². The van der Waals surface area contributed by atoms with Gasteiger partial charge in [0.05, 0.1) is 6.61 Å². The first-order valence-electron chi connectivity index (χ1n) is 11.6. The standard InChI is InChI=1S/C26H33N3O4/c30-18-19-33-24-9-7-23(8-10-24)26(32)29-16-12-21(13-17-29)4-1-2-15-28-25(31)11-6-22-5-3-14-27-20-22/h3,5-11,14,20-21,30H,1-2,4,12-13,15-19H2,(H,28,31)/b11-6+. The van der Waals surface area contributed by atoms with Gasteiger partial charge in [-0.25, -0.2) is 0 Å². The molecule has 0 saturated carbocycles. The number of carbonyl (C=O) groups excluding carboxylic acids is 2. The fourth-order valence-corrected chi connectivity index (χ4v) is 3.94. The fourth-order valence-electron chi connectivity index (χ4n) is 3.94. The lowest BCUT2D eigenvalue weighted by atomic mass is 9.91. The van der Waals surface area contributed by atoms with Crippen molar-refractivity contribution in [1.29, 1.82) is 0 Å². The molecule has 0 radical (unpaired) electrons. The number of pyridine rings is 1. The molecule has 1 aromatic heterocycles. The van der Waals surface area contributed by atoms with Gasteiger partial charge in [0.1, 0.15) is 12.4 Å². The van der Waals surface area contributed by atoms with E-state index in [1.165, 1.54) is 0 Å². The highest BCUT2D eigenvalue weighted by atomic mass is 16.5. The van der Waals surface area contributed by atoms with Crippen LogP contribution in [-0.4, -0.2) is 59.7 Å². The SMILES string of the molecule is O=C(/C=C/c1cccnc1)NCCCCC1CCN(C(=O)c2ccc(OCCO)cc2)CC1. The number of likely N-dealkylation sites (tertiary alicyclic amines) is 1. The Morgan fingerprint density at radius 1 is 1.15 bits per heavy atom. The molecule has 0 atom stereocenters. The lowest BCUT2D eigenvalue weighted by Crippen LogP contribution is -2.38. The normalized spacial score (nSPS) is 14.4. The predicted octanol–water partition coefficient (Wildman–Crippen LogP) is 3.30. The zero-order chi connectivity index (χ0) is 23.3. The largest absolute Gasteiger partial charge is 0.491 e. The van der Waals surface area contributed by atoms with E-state index in [0.717, 1.165) is 50.8 Å². The molecule has 33 heavy (non-hydrogen) atoms. The van der Waals surface area contributed by atoms with Crippen molar-refractivity contribution in [2.75, 3.05) is 32.8 Å². The molecular weight excluding hydrogens is 418 g/mol. The molecule has 1 aromatic carbocycles. The molecule has 1 aliphatic heterocycles. The first kappa shape index (κ1) is 24.5. The van der Waals surface area contributed by atoms with E-state index in [-0.39, 0.29) is 25.0 Å². The van der Waals surface area contributed by atoms with Crippen molar-refractivity contribution in [3.8, 4) is 5.75 Å². The number of hydrogen-bond donors (Lipinski definition) is 2. The molecule has 0 unspecified atom stereocenters. The zero-order valence-corrected chi connectivity index (χ0v) is 19.0. The number of amides is 2. The van der Waals surface area contributed by atoms with Gasteiger partial charge in [-0.2, -0.15) is 0 Å². The van der Waals surface area contributed by atoms with Crippen molar-refractivity contribution in [3.63, 3.8) is 0 Å². The van der Waals surface area contributed by atoms with Crippen molar-refractivity contribution < 1.29 is 19.4 Å². The third-order valence-corrected chi connectivity index (χ3v) is 5.81. The van der Waals surface area contributed by atoms with Gasteiger partial charge in [-0.05, 0) is 67.2 Å². The van der Waals surface area contributed by atoms with Crippen LogP contribution in [0.3, 0.4) is 0 Å². The molecule has 1 aliphatic rings. The lowest BCUT2D eigenvalue weighted by Gasteiger charge is -2.32. The minimum absolute atomic E-state index is 0.0333. The smallest absolute Gasteiger partial charge is 0.253 e. The number of rotatable bonds is 11. The summed E-state index contributed by atoms with van der Waals surface area (Å²) in [4.78, 5) is 30.6. The number of aromatic nitrogens is 1. The third kappa shape index (κ3) is 8.35. The number of nitrogens with zero attached hydrogens (tertiary/aromatic N) is 2. The van der Waals surface area contributed by atoms with Crippen LogP contribution in [0.2, 0.25) is 0 Å². The second-order valence-corrected chi connectivity index (χ2v) is 8.24. The highest BCUT2D eigenvalue weighted by molar-refractivity contribution is 5.94. The lowest BCUT2D eigenvalue weighted by molar-refractivity contribution is -0.116. The van der Waals surface area contributed by atoms with Gasteiger partial charge in [-0.3, -0.25) is 14.6 Å². The van der Waals surface area contributed by atoms with E-state index in [1.54, 1.807) is 48.8 Å². The molecule has 0 spiro atoms. The first-order chi connectivity index (χ1) is 16.2. The van der Waals surface area contributed by atoms with Crippen LogP contribution in [0, 0.1) is 5.92 Å². The highest BCUT2D eigenvalue weighted by Gasteiger charge is 2.23. The molecule has 7 nitrogen and oxygen atoms in total. The number of carbonyl (C=O) groups is 2. The van der Waals surface area contributed by atoms with Crippen LogP contribution in [0.5, 0.6) is 5.75 Å². The first-order valence-corrected chi connectivity index (χ1v) is 11.6. The average molecular weight is 452 g/mol. The highest BCUT2D eigenvalue weighted by Crippen LogP contribution is 2.24. The maximum atomic E-state index is 12.7. The molecule has 2 aromatic rings. The Balaban J connectivity index is 1.28. The predicted molar refractivity (Wildman–Crippen MR) is 128 cm³/mol. The molecule has 3 rings (SSSR count). The Morgan fingerprint density at radius 2 is 1.94 bits per heavy atom. The molecule has 2 heterocycles. The van der Waals surface area contributed by atoms with Crippen molar-refractivity contribution >= 4 is 17.9 Å². The summed E-state index contributed by atoms with van der Waals surface area (Å²) in [5.74, 6) is 1.26. The van der Waals surface area contributed by atoms with Gasteiger partial charge in [0, 0.05) is 43.7 Å². The van der Waals surface area contributed by atoms with Gasteiger partial charge in [-0.1, -0.05) is 18.9 Å². The summed E-state index contributed by atoms with van der Waals surface area (Å²) in [6.07, 6.45) is 11.9. The van der Waals surface area contributed by atoms with E-state index in [2.05, 4.69) is 10.3 Å². The van der Waals surface area contributed by atoms with Crippen LogP contribution >= 0.6 is 0 Å². The van der Waals surface area contributed by atoms with Gasteiger partial charge in [0.15, 0.2) is 0 Å². The maximum absolute atomic E-state index is 12.7. The number of aliphatic hydroxyl groups excluding tert-OH is 1. The summed E-state index contributed by atoms with van der Waals surface area (Å²) in [5.41, 5.74) is 1.57. The number of ether oxygens (including phenoxy) is 1. The van der Waals surface area contributed by atoms with E-state index in [4.69, 9.17) is 9.84 Å². The number of nitrogens with one attached hydrogen (secondary N) is 1. The van der Waals surface area contributed by atoms with Gasteiger partial charge in [0.2, 0.25) is 5.91 Å². The van der Waals surface area contributed by atoms with E-state index in [0.29, 0.717) is 23.8 Å². The number of piperidine rings is 1. The molecule has 1 saturated heterocycles. The Kier molecular flexibility index (Phi) is 9.91. The van der Waals surface area contributed by atoms with Crippen molar-refractivity contribution in [3.05, 3.63) is 66.0 Å². The van der Waals surface area contributed by atoms with E-state index in [1.807, 2.05) is 17.0 Å². The summed E-state index contributed by atoms with van der Waals surface area (Å²) < 4.78 is 5.34. The molecule has 7 heteroatoms. The molecule has 176 valence electrons. The zero-order valence-electron chi connectivity index (χ0n) is 19.0. The van der Waals surface area contributed by atoms with Crippen LogP contribution in [0.25, 0.3) is 6.08 Å². The van der Waals surface area contributed by atoms with Gasteiger partial charge in [-0.15, -0.1) is 0 Å². The summed E-state index contributed by atoms with van der Waals surface area (Å²) in [5, 5.41) is 11.7. The second-order valence-electron chi connectivity index (χ2n) is 8.24. The minimum atomic E-state index is -0.0846. The Hall–Kier alpha value is -3.19. The Bertz CT molecular complexity index is 892. The van der Waals surface area contributed by atoms with Crippen molar-refractivity contribution in [1.82, 2.24) is 15.2 Å². The fraction of sp³-hybridized carbons (Fsp3) is 0.423. The summed E-state index contributed by atoms with van der Waals surface area (Å²) in [6, 6.07) is 10.8. The van der Waals surface area contributed by atoms with Crippen LogP contribution < -0.4 is 10.1 Å². The maximum Gasteiger partial charge on any atom is 0.253 e. The Labute approximate surface area is 195 Å². The van der Waals surface area contributed by atoms with Crippen molar-refractivity contribution in [2.24, 2.45) is 5.92 Å². The quantitative estimate of drug-likeness (QED) is 0.404. The van der Waals surface area contributed by atoms with E-state index < -0.39 is 0 Å². The van der Waals surface area contributed by atoms with Crippen LogP contribution in [-0.2, 0) is 4.79 Å². The van der Waals surface area contributed by atoms with Gasteiger partial charge in [0.25, 0.3) is 5.91 Å². The topological polar surface area (TPSA) is 91.8 Å². The molecule has 1 fully saturated rings. The molecule has 2 amide bonds. The van der Waals surface area contributed by atoms with Crippen LogP contribution in [0.4, 0.5) is 0 Å². The van der Waals surface area contributed by atoms with Crippen molar-refractivity contribution in [2.45, 2.75) is 32.1 Å². The molecule has 0 bridgehead atoms. The monoisotopic (exact) mass is 451 g/mol. The van der Waals surface area contributed by atoms with Crippen LogP contribution in [0.15, 0.2) is 54.9 Å². The summed E-state index contributed by atoms with van der Waals surface area (Å²) in [6.45, 7) is 2.45. The number of hydrogen-bond acceptors (Lipinski definition) is 5. The average Bonchev–Trinajstić information content (AvgIpc) is 2.87.